The molecule has 2 nitrogen and oxygen atoms in total. The van der Waals surface area contributed by atoms with Crippen LogP contribution in [0.4, 0.5) is 5.69 Å². The van der Waals surface area contributed by atoms with E-state index in [-0.39, 0.29) is 5.91 Å². The van der Waals surface area contributed by atoms with Crippen LogP contribution in [0, 0.1) is 0 Å². The number of hydrogen-bond donors (Lipinski definition) is 1. The molecule has 0 spiro atoms. The van der Waals surface area contributed by atoms with Crippen molar-refractivity contribution in [2.45, 2.75) is 0 Å². The summed E-state index contributed by atoms with van der Waals surface area (Å²) in [6.45, 7) is 0. The maximum Gasteiger partial charge on any atom is 0.248 e. The Morgan fingerprint density at radius 3 is 2.58 bits per heavy atom. The zero-order valence-corrected chi connectivity index (χ0v) is 11.4. The van der Waals surface area contributed by atoms with E-state index in [1.807, 2.05) is 18.2 Å². The minimum Gasteiger partial charge on any atom is -0.322 e. The van der Waals surface area contributed by atoms with Gasteiger partial charge in [0.2, 0.25) is 5.91 Å². The Kier molecular flexibility index (Phi) is 4.61. The molecule has 0 bridgehead atoms. The molecule has 2 aromatic rings. The lowest BCUT2D eigenvalue weighted by molar-refractivity contribution is -0.111. The van der Waals surface area contributed by atoms with Gasteiger partial charge >= 0.3 is 0 Å². The van der Waals surface area contributed by atoms with Gasteiger partial charge in [-0.1, -0.05) is 47.5 Å². The number of carbonyl (C=O) groups excluding carboxylic acids is 1. The number of carbonyl (C=O) groups is 1. The van der Waals surface area contributed by atoms with Gasteiger partial charge in [0, 0.05) is 21.8 Å². The number of anilines is 1. The van der Waals surface area contributed by atoms with Crippen LogP contribution in [0.3, 0.4) is 0 Å². The van der Waals surface area contributed by atoms with Gasteiger partial charge in [-0.15, -0.1) is 0 Å². The van der Waals surface area contributed by atoms with Crippen LogP contribution in [0.5, 0.6) is 0 Å². The number of rotatable bonds is 3. The molecule has 0 saturated carbocycles. The fourth-order valence-electron chi connectivity index (χ4n) is 1.53. The third-order valence-electron chi connectivity index (χ3n) is 2.41. The standard InChI is InChI=1S/C15H11Cl2NO/c16-12-5-3-6-13(10-12)18-15(19)9-8-11-4-1-2-7-14(11)17/h1-10H,(H,18,19). The normalized spacial score (nSPS) is 10.6. The summed E-state index contributed by atoms with van der Waals surface area (Å²) in [5, 5.41) is 3.90. The van der Waals surface area contributed by atoms with Crippen LogP contribution >= 0.6 is 23.2 Å². The van der Waals surface area contributed by atoms with E-state index in [9.17, 15) is 4.79 Å². The first-order valence-corrected chi connectivity index (χ1v) is 6.40. The van der Waals surface area contributed by atoms with E-state index in [1.54, 1.807) is 36.4 Å². The minimum absolute atomic E-state index is 0.234. The molecule has 0 unspecified atom stereocenters. The van der Waals surface area contributed by atoms with Gasteiger partial charge < -0.3 is 5.32 Å². The Balaban J connectivity index is 2.04. The summed E-state index contributed by atoms with van der Waals surface area (Å²) in [6.07, 6.45) is 3.10. The van der Waals surface area contributed by atoms with Crippen molar-refractivity contribution in [1.82, 2.24) is 0 Å². The monoisotopic (exact) mass is 291 g/mol. The summed E-state index contributed by atoms with van der Waals surface area (Å²) < 4.78 is 0. The summed E-state index contributed by atoms with van der Waals surface area (Å²) in [5.41, 5.74) is 1.45. The van der Waals surface area contributed by atoms with Gasteiger partial charge in [-0.3, -0.25) is 4.79 Å². The molecule has 2 aromatic carbocycles. The molecule has 1 amide bonds. The third-order valence-corrected chi connectivity index (χ3v) is 2.99. The summed E-state index contributed by atoms with van der Waals surface area (Å²) in [4.78, 5) is 11.7. The van der Waals surface area contributed by atoms with Crippen LogP contribution < -0.4 is 5.32 Å². The fourth-order valence-corrected chi connectivity index (χ4v) is 1.91. The van der Waals surface area contributed by atoms with E-state index in [4.69, 9.17) is 23.2 Å². The SMILES string of the molecule is O=C(C=Cc1ccccc1Cl)Nc1cccc(Cl)c1. The third kappa shape index (κ3) is 4.12. The predicted octanol–water partition coefficient (Wildman–Crippen LogP) is 4.65. The van der Waals surface area contributed by atoms with Gasteiger partial charge in [0.25, 0.3) is 0 Å². The molecule has 0 heterocycles. The van der Waals surface area contributed by atoms with Crippen molar-refractivity contribution >= 4 is 40.9 Å². The second kappa shape index (κ2) is 6.41. The lowest BCUT2D eigenvalue weighted by Gasteiger charge is -2.02. The molecule has 0 aliphatic rings. The zero-order valence-electron chi connectivity index (χ0n) is 9.94. The van der Waals surface area contributed by atoms with Crippen molar-refractivity contribution in [3.8, 4) is 0 Å². The van der Waals surface area contributed by atoms with E-state index >= 15 is 0 Å². The second-order valence-electron chi connectivity index (χ2n) is 3.85. The summed E-state index contributed by atoms with van der Waals surface area (Å²) in [7, 11) is 0. The molecule has 0 fully saturated rings. The lowest BCUT2D eigenvalue weighted by atomic mass is 10.2. The highest BCUT2D eigenvalue weighted by Gasteiger charge is 1.99. The van der Waals surface area contributed by atoms with Gasteiger partial charge in [-0.25, -0.2) is 0 Å². The van der Waals surface area contributed by atoms with Crippen LogP contribution in [0.15, 0.2) is 54.6 Å². The van der Waals surface area contributed by atoms with Crippen molar-refractivity contribution in [1.29, 1.82) is 0 Å². The molecular weight excluding hydrogens is 281 g/mol. The summed E-state index contributed by atoms with van der Waals surface area (Å²) in [6, 6.07) is 14.3. The first kappa shape index (κ1) is 13.7. The molecule has 19 heavy (non-hydrogen) atoms. The van der Waals surface area contributed by atoms with Gasteiger partial charge in [-0.05, 0) is 35.9 Å². The molecule has 96 valence electrons. The molecule has 0 atom stereocenters. The smallest absolute Gasteiger partial charge is 0.248 e. The van der Waals surface area contributed by atoms with Crippen LogP contribution in [0.2, 0.25) is 10.0 Å². The Morgan fingerprint density at radius 1 is 1.05 bits per heavy atom. The highest BCUT2D eigenvalue weighted by Crippen LogP contribution is 2.17. The second-order valence-corrected chi connectivity index (χ2v) is 4.70. The van der Waals surface area contributed by atoms with E-state index in [0.717, 1.165) is 5.56 Å². The first-order chi connectivity index (χ1) is 9.15. The first-order valence-electron chi connectivity index (χ1n) is 5.64. The largest absolute Gasteiger partial charge is 0.322 e. The molecule has 0 aliphatic carbocycles. The fraction of sp³-hybridized carbons (Fsp3) is 0. The molecule has 0 aromatic heterocycles. The quantitative estimate of drug-likeness (QED) is 0.820. The Bertz CT molecular complexity index is 623. The van der Waals surface area contributed by atoms with Crippen molar-refractivity contribution in [3.63, 3.8) is 0 Å². The van der Waals surface area contributed by atoms with Crippen LogP contribution in [0.25, 0.3) is 6.08 Å². The van der Waals surface area contributed by atoms with Crippen LogP contribution in [0.1, 0.15) is 5.56 Å². The zero-order chi connectivity index (χ0) is 13.7. The van der Waals surface area contributed by atoms with Crippen LogP contribution in [-0.4, -0.2) is 5.91 Å². The van der Waals surface area contributed by atoms with Crippen molar-refractivity contribution in [2.24, 2.45) is 0 Å². The number of nitrogens with one attached hydrogen (secondary N) is 1. The molecule has 4 heteroatoms. The van der Waals surface area contributed by atoms with Gasteiger partial charge in [-0.2, -0.15) is 0 Å². The Hall–Kier alpha value is -1.77. The van der Waals surface area contributed by atoms with E-state index in [2.05, 4.69) is 5.32 Å². The summed E-state index contributed by atoms with van der Waals surface area (Å²) >= 11 is 11.8. The van der Waals surface area contributed by atoms with E-state index < -0.39 is 0 Å². The van der Waals surface area contributed by atoms with Gasteiger partial charge in [0.15, 0.2) is 0 Å². The number of benzene rings is 2. The average molecular weight is 292 g/mol. The minimum atomic E-state index is -0.234. The molecular formula is C15H11Cl2NO. The maximum atomic E-state index is 11.7. The van der Waals surface area contributed by atoms with Crippen LogP contribution in [-0.2, 0) is 4.79 Å². The molecule has 2 rings (SSSR count). The molecule has 0 radical (unpaired) electrons. The van der Waals surface area contributed by atoms with E-state index in [1.165, 1.54) is 6.08 Å². The average Bonchev–Trinajstić information content (AvgIpc) is 2.38. The maximum absolute atomic E-state index is 11.7. The highest BCUT2D eigenvalue weighted by atomic mass is 35.5. The molecule has 0 aliphatic heterocycles. The lowest BCUT2D eigenvalue weighted by Crippen LogP contribution is -2.07. The van der Waals surface area contributed by atoms with Crippen molar-refractivity contribution in [2.75, 3.05) is 5.32 Å². The molecule has 1 N–H and O–H groups in total. The molecule has 0 saturated heterocycles. The Labute approximate surface area is 121 Å². The number of amides is 1. The van der Waals surface area contributed by atoms with E-state index in [0.29, 0.717) is 15.7 Å². The number of hydrogen-bond acceptors (Lipinski definition) is 1. The van der Waals surface area contributed by atoms with Gasteiger partial charge in [0.05, 0.1) is 0 Å². The highest BCUT2D eigenvalue weighted by molar-refractivity contribution is 6.32. The van der Waals surface area contributed by atoms with Crippen molar-refractivity contribution < 1.29 is 4.79 Å². The van der Waals surface area contributed by atoms with Crippen molar-refractivity contribution in [3.05, 3.63) is 70.2 Å². The van der Waals surface area contributed by atoms with Gasteiger partial charge in [0.1, 0.15) is 0 Å². The Morgan fingerprint density at radius 2 is 1.84 bits per heavy atom. The number of halogens is 2. The topological polar surface area (TPSA) is 29.1 Å². The summed E-state index contributed by atoms with van der Waals surface area (Å²) in [5.74, 6) is -0.234. The predicted molar refractivity (Wildman–Crippen MR) is 80.6 cm³/mol.